The van der Waals surface area contributed by atoms with Crippen molar-refractivity contribution in [1.82, 2.24) is 0 Å². The predicted molar refractivity (Wildman–Crippen MR) is 135 cm³/mol. The molecule has 0 heterocycles. The molecule has 0 aliphatic carbocycles. The third kappa shape index (κ3) is 12.1. The second kappa shape index (κ2) is 13.8. The van der Waals surface area contributed by atoms with Gasteiger partial charge in [0.25, 0.3) is 0 Å². The smallest absolute Gasteiger partial charge is 0.480 e. The third-order valence-electron chi connectivity index (χ3n) is 4.80. The molecule has 3 N–H and O–H groups in total. The van der Waals surface area contributed by atoms with Crippen LogP contribution in [0.25, 0.3) is 0 Å². The van der Waals surface area contributed by atoms with Gasteiger partial charge in [-0.25, -0.2) is 14.4 Å². The highest BCUT2D eigenvalue weighted by Crippen LogP contribution is 2.35. The molecule has 214 valence electrons. The van der Waals surface area contributed by atoms with E-state index in [4.69, 9.17) is 29.4 Å². The van der Waals surface area contributed by atoms with Gasteiger partial charge in [0.1, 0.15) is 12.1 Å². The molecule has 0 saturated carbocycles. The molecule has 3 atom stereocenters. The van der Waals surface area contributed by atoms with E-state index < -0.39 is 42.5 Å². The lowest BCUT2D eigenvalue weighted by atomic mass is 9.87. The fraction of sp³-hybridized carbons (Fsp3) is 0.615. The second-order valence-corrected chi connectivity index (χ2v) is 11.2. The first-order valence-electron chi connectivity index (χ1n) is 12.0. The first kappa shape index (κ1) is 32.5. The van der Waals surface area contributed by atoms with Crippen molar-refractivity contribution in [3.8, 4) is 11.5 Å². The van der Waals surface area contributed by atoms with Crippen molar-refractivity contribution in [1.29, 1.82) is 0 Å². The Kier molecular flexibility index (Phi) is 11.8. The van der Waals surface area contributed by atoms with Crippen LogP contribution in [-0.2, 0) is 23.7 Å². The molecule has 0 spiro atoms. The molecule has 2 unspecified atom stereocenters. The van der Waals surface area contributed by atoms with Gasteiger partial charge in [0.15, 0.2) is 11.5 Å². The summed E-state index contributed by atoms with van der Waals surface area (Å²) >= 11 is 0. The lowest BCUT2D eigenvalue weighted by molar-refractivity contribution is -0.139. The average Bonchev–Trinajstić information content (AvgIpc) is 2.79. The van der Waals surface area contributed by atoms with E-state index in [1.54, 1.807) is 6.92 Å². The number of nitrogens with two attached hydrogens (primary N) is 1. The van der Waals surface area contributed by atoms with Crippen molar-refractivity contribution in [2.24, 2.45) is 16.6 Å². The van der Waals surface area contributed by atoms with E-state index in [9.17, 15) is 24.3 Å². The first-order chi connectivity index (χ1) is 17.4. The molecule has 0 aliphatic heterocycles. The Balaban J connectivity index is 3.34. The summed E-state index contributed by atoms with van der Waals surface area (Å²) in [5.74, 6) is -2.60. The van der Waals surface area contributed by atoms with Crippen molar-refractivity contribution in [3.63, 3.8) is 0 Å². The molecular formula is C26H39NO11. The molecule has 1 rings (SSSR count). The fourth-order valence-electron chi connectivity index (χ4n) is 2.99. The minimum Gasteiger partial charge on any atom is -0.480 e. The minimum atomic E-state index is -1.41. The van der Waals surface area contributed by atoms with E-state index in [0.717, 1.165) is 7.11 Å². The maximum absolute atomic E-state index is 12.4. The molecule has 0 amide bonds. The zero-order valence-electron chi connectivity index (χ0n) is 23.2. The number of methoxy groups -OCH3 is 1. The SMILES string of the molecule is COC(=O)OC(C)CC(c1ccc(OC(=O)OCC(C)(C)C)c(OC(=O)OCC(C)(C)C)c1)[C@H](N)C(=O)O. The van der Waals surface area contributed by atoms with Crippen molar-refractivity contribution in [3.05, 3.63) is 23.8 Å². The minimum absolute atomic E-state index is 0.00962. The van der Waals surface area contributed by atoms with Gasteiger partial charge in [0.05, 0.1) is 20.3 Å². The summed E-state index contributed by atoms with van der Waals surface area (Å²) in [5.41, 5.74) is 5.60. The van der Waals surface area contributed by atoms with E-state index in [1.165, 1.54) is 18.2 Å². The molecule has 12 nitrogen and oxygen atoms in total. The molecule has 0 radical (unpaired) electrons. The van der Waals surface area contributed by atoms with E-state index in [-0.39, 0.29) is 42.0 Å². The van der Waals surface area contributed by atoms with E-state index in [0.29, 0.717) is 5.56 Å². The highest BCUT2D eigenvalue weighted by Gasteiger charge is 2.30. The zero-order valence-corrected chi connectivity index (χ0v) is 23.2. The van der Waals surface area contributed by atoms with Crippen molar-refractivity contribution < 1.29 is 52.7 Å². The number of rotatable bonds is 10. The molecule has 1 aromatic carbocycles. The molecule has 0 aromatic heterocycles. The summed E-state index contributed by atoms with van der Waals surface area (Å²) in [6.07, 6.45) is -3.82. The standard InChI is InChI=1S/C26H39NO11/c1-15(36-22(30)33-8)11-17(20(27)21(28)29)16-9-10-18(37-23(31)34-13-25(2,3)4)19(12-16)38-24(32)35-14-26(5,6)7/h9-10,12,15,17,20H,11,13-14,27H2,1-8H3,(H,28,29)/t15?,17?,20-/m0/s1. The maximum atomic E-state index is 12.4. The predicted octanol–water partition coefficient (Wildman–Crippen LogP) is 4.87. The largest absolute Gasteiger partial charge is 0.513 e. The van der Waals surface area contributed by atoms with Crippen LogP contribution in [-0.4, -0.2) is 62.0 Å². The number of benzene rings is 1. The maximum Gasteiger partial charge on any atom is 0.513 e. The number of hydrogen-bond acceptors (Lipinski definition) is 11. The summed E-state index contributed by atoms with van der Waals surface area (Å²) < 4.78 is 30.4. The van der Waals surface area contributed by atoms with Crippen molar-refractivity contribution in [2.45, 2.75) is 73.0 Å². The van der Waals surface area contributed by atoms with Crippen molar-refractivity contribution in [2.75, 3.05) is 20.3 Å². The third-order valence-corrected chi connectivity index (χ3v) is 4.80. The van der Waals surface area contributed by atoms with Crippen LogP contribution in [0.5, 0.6) is 11.5 Å². The number of carbonyl (C=O) groups excluding carboxylic acids is 3. The van der Waals surface area contributed by atoms with Crippen LogP contribution in [0.15, 0.2) is 18.2 Å². The van der Waals surface area contributed by atoms with E-state index in [1.807, 2.05) is 41.5 Å². The highest BCUT2D eigenvalue weighted by atomic mass is 16.7. The van der Waals surface area contributed by atoms with Gasteiger partial charge in [-0.1, -0.05) is 47.6 Å². The van der Waals surface area contributed by atoms with Gasteiger partial charge >= 0.3 is 24.4 Å². The Morgan fingerprint density at radius 2 is 1.37 bits per heavy atom. The number of carboxylic acid groups (broad SMARTS) is 1. The van der Waals surface area contributed by atoms with Gasteiger partial charge in [0, 0.05) is 5.92 Å². The van der Waals surface area contributed by atoms with Crippen LogP contribution >= 0.6 is 0 Å². The van der Waals surface area contributed by atoms with Crippen LogP contribution in [0.2, 0.25) is 0 Å². The van der Waals surface area contributed by atoms with Crippen molar-refractivity contribution >= 4 is 24.4 Å². The molecular weight excluding hydrogens is 502 g/mol. The number of hydrogen-bond donors (Lipinski definition) is 2. The lowest BCUT2D eigenvalue weighted by Crippen LogP contribution is -2.38. The number of ether oxygens (including phenoxy) is 6. The molecule has 1 aromatic rings. The summed E-state index contributed by atoms with van der Waals surface area (Å²) in [7, 11) is 1.14. The van der Waals surface area contributed by atoms with Gasteiger partial charge in [-0.05, 0) is 41.9 Å². The van der Waals surface area contributed by atoms with Crippen LogP contribution in [0.1, 0.15) is 66.4 Å². The zero-order chi connectivity index (χ0) is 29.3. The van der Waals surface area contributed by atoms with Crippen LogP contribution in [0, 0.1) is 10.8 Å². The molecule has 0 fully saturated rings. The number of aliphatic carboxylic acids is 1. The van der Waals surface area contributed by atoms with Gasteiger partial charge < -0.3 is 39.3 Å². The van der Waals surface area contributed by atoms with Gasteiger partial charge in [-0.2, -0.15) is 0 Å². The summed E-state index contributed by atoms with van der Waals surface area (Å²) in [6.45, 7) is 12.8. The molecule has 38 heavy (non-hydrogen) atoms. The lowest BCUT2D eigenvalue weighted by Gasteiger charge is -2.25. The van der Waals surface area contributed by atoms with Gasteiger partial charge in [0.2, 0.25) is 0 Å². The summed E-state index contributed by atoms with van der Waals surface area (Å²) in [5, 5.41) is 9.57. The quantitative estimate of drug-likeness (QED) is 0.234. The molecule has 12 heteroatoms. The molecule has 0 bridgehead atoms. The average molecular weight is 542 g/mol. The Hall–Kier alpha value is -3.54. The van der Waals surface area contributed by atoms with E-state index >= 15 is 0 Å². The van der Waals surface area contributed by atoms with Gasteiger partial charge in [-0.3, -0.25) is 4.79 Å². The monoisotopic (exact) mass is 541 g/mol. The number of carboxylic acids is 1. The Morgan fingerprint density at radius 3 is 1.82 bits per heavy atom. The fourth-order valence-corrected chi connectivity index (χ4v) is 2.99. The van der Waals surface area contributed by atoms with Crippen LogP contribution in [0.3, 0.4) is 0 Å². The van der Waals surface area contributed by atoms with Crippen LogP contribution < -0.4 is 15.2 Å². The molecule has 0 saturated heterocycles. The van der Waals surface area contributed by atoms with Crippen LogP contribution in [0.4, 0.5) is 14.4 Å². The molecule has 0 aliphatic rings. The second-order valence-electron chi connectivity index (χ2n) is 11.2. The normalized spacial score (nSPS) is 13.9. The first-order valence-corrected chi connectivity index (χ1v) is 12.0. The Morgan fingerprint density at radius 1 is 0.868 bits per heavy atom. The van der Waals surface area contributed by atoms with Gasteiger partial charge in [-0.15, -0.1) is 0 Å². The summed E-state index contributed by atoms with van der Waals surface area (Å²) in [6, 6.07) is 2.66. The Labute approximate surface area is 222 Å². The van der Waals surface area contributed by atoms with E-state index in [2.05, 4.69) is 4.74 Å². The summed E-state index contributed by atoms with van der Waals surface area (Å²) in [4.78, 5) is 47.9. The highest BCUT2D eigenvalue weighted by molar-refractivity contribution is 5.75. The topological polar surface area (TPSA) is 170 Å². The number of carbonyl (C=O) groups is 4. The Bertz CT molecular complexity index is 978.